The van der Waals surface area contributed by atoms with Crippen LogP contribution in [-0.4, -0.2) is 49.6 Å². The lowest BCUT2D eigenvalue weighted by Crippen LogP contribution is -2.37. The SMILES string of the molecule is CCOc1ccc(NC(=O)C[C@H]2C(=O)N(c3ccc(OC)cc3)C(=O)N2Cc2cccc(OC)c2)cc1. The Hall–Kier alpha value is -4.53. The van der Waals surface area contributed by atoms with Crippen LogP contribution in [0.1, 0.15) is 18.9 Å². The smallest absolute Gasteiger partial charge is 0.332 e. The average molecular weight is 504 g/mol. The second kappa shape index (κ2) is 11.5. The summed E-state index contributed by atoms with van der Waals surface area (Å²) < 4.78 is 15.9. The lowest BCUT2D eigenvalue weighted by molar-refractivity contribution is -0.124. The maximum atomic E-state index is 13.5. The number of nitrogens with zero attached hydrogens (tertiary/aromatic N) is 2. The van der Waals surface area contributed by atoms with Crippen molar-refractivity contribution in [1.82, 2.24) is 4.90 Å². The number of nitrogens with one attached hydrogen (secondary N) is 1. The number of methoxy groups -OCH3 is 2. The summed E-state index contributed by atoms with van der Waals surface area (Å²) in [6, 6.07) is 19.3. The summed E-state index contributed by atoms with van der Waals surface area (Å²) in [6.45, 7) is 2.56. The molecule has 3 aromatic carbocycles. The summed E-state index contributed by atoms with van der Waals surface area (Å²) in [4.78, 5) is 42.5. The third kappa shape index (κ3) is 5.83. The van der Waals surface area contributed by atoms with E-state index in [1.807, 2.05) is 19.1 Å². The molecule has 9 heteroatoms. The van der Waals surface area contributed by atoms with Crippen LogP contribution in [0, 0.1) is 0 Å². The number of hydrogen-bond donors (Lipinski definition) is 1. The average Bonchev–Trinajstić information content (AvgIpc) is 3.14. The first-order chi connectivity index (χ1) is 17.9. The van der Waals surface area contributed by atoms with Crippen molar-refractivity contribution < 1.29 is 28.6 Å². The first-order valence-electron chi connectivity index (χ1n) is 11.9. The zero-order valence-corrected chi connectivity index (χ0v) is 21.0. The van der Waals surface area contributed by atoms with Crippen LogP contribution >= 0.6 is 0 Å². The molecular weight excluding hydrogens is 474 g/mol. The van der Waals surface area contributed by atoms with Crippen LogP contribution in [0.25, 0.3) is 0 Å². The van der Waals surface area contributed by atoms with Crippen molar-refractivity contribution in [1.29, 1.82) is 0 Å². The van der Waals surface area contributed by atoms with Gasteiger partial charge in [0.05, 0.1) is 32.9 Å². The monoisotopic (exact) mass is 503 g/mol. The van der Waals surface area contributed by atoms with Gasteiger partial charge in [-0.2, -0.15) is 0 Å². The first kappa shape index (κ1) is 25.6. The molecule has 1 saturated heterocycles. The van der Waals surface area contributed by atoms with Gasteiger partial charge < -0.3 is 24.4 Å². The fraction of sp³-hybridized carbons (Fsp3) is 0.250. The zero-order valence-electron chi connectivity index (χ0n) is 21.0. The van der Waals surface area contributed by atoms with E-state index in [1.54, 1.807) is 67.8 Å². The van der Waals surface area contributed by atoms with Gasteiger partial charge in [-0.15, -0.1) is 0 Å². The maximum absolute atomic E-state index is 13.5. The van der Waals surface area contributed by atoms with Crippen molar-refractivity contribution in [3.63, 3.8) is 0 Å². The number of benzene rings is 3. The molecule has 3 aromatic rings. The molecule has 37 heavy (non-hydrogen) atoms. The largest absolute Gasteiger partial charge is 0.497 e. The van der Waals surface area contributed by atoms with Gasteiger partial charge >= 0.3 is 6.03 Å². The molecule has 1 N–H and O–H groups in total. The van der Waals surface area contributed by atoms with E-state index in [2.05, 4.69) is 5.32 Å². The van der Waals surface area contributed by atoms with Gasteiger partial charge in [-0.1, -0.05) is 12.1 Å². The Bertz CT molecular complexity index is 1260. The predicted octanol–water partition coefficient (Wildman–Crippen LogP) is 4.47. The fourth-order valence-corrected chi connectivity index (χ4v) is 4.14. The topological polar surface area (TPSA) is 97.4 Å². The van der Waals surface area contributed by atoms with Crippen molar-refractivity contribution >= 4 is 29.2 Å². The highest BCUT2D eigenvalue weighted by Gasteiger charge is 2.46. The molecule has 0 bridgehead atoms. The molecular formula is C28H29N3O6. The second-order valence-corrected chi connectivity index (χ2v) is 8.36. The Morgan fingerprint density at radius 2 is 1.57 bits per heavy atom. The number of carbonyl (C=O) groups is 3. The van der Waals surface area contributed by atoms with Crippen molar-refractivity contribution in [3.05, 3.63) is 78.4 Å². The summed E-state index contributed by atoms with van der Waals surface area (Å²) >= 11 is 0. The minimum absolute atomic E-state index is 0.134. The molecule has 4 amide bonds. The Labute approximate surface area is 215 Å². The highest BCUT2D eigenvalue weighted by Crippen LogP contribution is 2.30. The molecule has 1 atom stereocenters. The van der Waals surface area contributed by atoms with Crippen LogP contribution in [0.15, 0.2) is 72.8 Å². The molecule has 4 rings (SSSR count). The van der Waals surface area contributed by atoms with Crippen LogP contribution in [0.3, 0.4) is 0 Å². The number of anilines is 2. The minimum Gasteiger partial charge on any atom is -0.497 e. The highest BCUT2D eigenvalue weighted by molar-refractivity contribution is 6.22. The predicted molar refractivity (Wildman–Crippen MR) is 139 cm³/mol. The van der Waals surface area contributed by atoms with E-state index in [0.717, 1.165) is 10.5 Å². The molecule has 0 saturated carbocycles. The lowest BCUT2D eigenvalue weighted by atomic mass is 10.1. The third-order valence-corrected chi connectivity index (χ3v) is 5.96. The highest BCUT2D eigenvalue weighted by atomic mass is 16.5. The second-order valence-electron chi connectivity index (χ2n) is 8.36. The van der Waals surface area contributed by atoms with Gasteiger partial charge in [0.15, 0.2) is 0 Å². The summed E-state index contributed by atoms with van der Waals surface area (Å²) in [5.74, 6) is 1.06. The van der Waals surface area contributed by atoms with E-state index in [4.69, 9.17) is 14.2 Å². The summed E-state index contributed by atoms with van der Waals surface area (Å²) in [5.41, 5.74) is 1.74. The van der Waals surface area contributed by atoms with Crippen LogP contribution in [0.4, 0.5) is 16.2 Å². The van der Waals surface area contributed by atoms with Crippen molar-refractivity contribution in [2.45, 2.75) is 25.9 Å². The number of rotatable bonds is 10. The zero-order chi connectivity index (χ0) is 26.4. The van der Waals surface area contributed by atoms with Gasteiger partial charge in [-0.05, 0) is 73.2 Å². The van der Waals surface area contributed by atoms with Gasteiger partial charge in [0.1, 0.15) is 23.3 Å². The molecule has 9 nitrogen and oxygen atoms in total. The van der Waals surface area contributed by atoms with E-state index < -0.39 is 18.0 Å². The molecule has 1 aliphatic rings. The molecule has 1 heterocycles. The molecule has 0 aromatic heterocycles. The van der Waals surface area contributed by atoms with E-state index in [0.29, 0.717) is 35.2 Å². The van der Waals surface area contributed by atoms with Gasteiger partial charge in [0.2, 0.25) is 5.91 Å². The van der Waals surface area contributed by atoms with Gasteiger partial charge in [-0.25, -0.2) is 9.69 Å². The van der Waals surface area contributed by atoms with E-state index in [-0.39, 0.29) is 18.9 Å². The normalized spacial score (nSPS) is 15.1. The van der Waals surface area contributed by atoms with Gasteiger partial charge in [-0.3, -0.25) is 9.59 Å². The van der Waals surface area contributed by atoms with Gasteiger partial charge in [0, 0.05) is 12.2 Å². The Balaban J connectivity index is 1.57. The summed E-state index contributed by atoms with van der Waals surface area (Å²) in [5, 5.41) is 2.81. The number of amides is 4. The molecule has 1 aliphatic heterocycles. The third-order valence-electron chi connectivity index (χ3n) is 5.96. The van der Waals surface area contributed by atoms with Crippen molar-refractivity contribution in [3.8, 4) is 17.2 Å². The van der Waals surface area contributed by atoms with Gasteiger partial charge in [0.25, 0.3) is 5.91 Å². The molecule has 192 valence electrons. The number of imide groups is 1. The number of urea groups is 1. The van der Waals surface area contributed by atoms with Crippen LogP contribution in [0.2, 0.25) is 0 Å². The fourth-order valence-electron chi connectivity index (χ4n) is 4.14. The van der Waals surface area contributed by atoms with Crippen LogP contribution in [0.5, 0.6) is 17.2 Å². The lowest BCUT2D eigenvalue weighted by Gasteiger charge is -2.22. The van der Waals surface area contributed by atoms with E-state index in [9.17, 15) is 14.4 Å². The number of carbonyl (C=O) groups excluding carboxylic acids is 3. The minimum atomic E-state index is -0.983. The first-order valence-corrected chi connectivity index (χ1v) is 11.9. The standard InChI is InChI=1S/C28H29N3O6/c1-4-37-23-12-8-20(9-13-23)29-26(32)17-25-27(33)31(21-10-14-22(35-2)15-11-21)28(34)30(25)18-19-6-5-7-24(16-19)36-3/h5-16,25H,4,17-18H2,1-3H3,(H,29,32)/t25-/m0/s1. The van der Waals surface area contributed by atoms with Crippen molar-refractivity contribution in [2.75, 3.05) is 31.0 Å². The van der Waals surface area contributed by atoms with E-state index in [1.165, 1.54) is 12.0 Å². The number of hydrogen-bond acceptors (Lipinski definition) is 6. The van der Waals surface area contributed by atoms with Crippen molar-refractivity contribution in [2.24, 2.45) is 0 Å². The van der Waals surface area contributed by atoms with Crippen LogP contribution in [-0.2, 0) is 16.1 Å². The number of ether oxygens (including phenoxy) is 3. The Morgan fingerprint density at radius 3 is 2.22 bits per heavy atom. The molecule has 0 aliphatic carbocycles. The van der Waals surface area contributed by atoms with E-state index >= 15 is 0 Å². The maximum Gasteiger partial charge on any atom is 0.332 e. The molecule has 0 unspecified atom stereocenters. The molecule has 1 fully saturated rings. The summed E-state index contributed by atoms with van der Waals surface area (Å²) in [7, 11) is 3.10. The van der Waals surface area contributed by atoms with Crippen LogP contribution < -0.4 is 24.4 Å². The Morgan fingerprint density at radius 1 is 0.892 bits per heavy atom. The molecule has 0 radical (unpaired) electrons. The Kier molecular flexibility index (Phi) is 7.92. The quantitative estimate of drug-likeness (QED) is 0.410. The molecule has 0 spiro atoms. The summed E-state index contributed by atoms with van der Waals surface area (Å²) in [6.07, 6.45) is -0.200.